The number of tetrazole rings is 1. The Labute approximate surface area is 165 Å². The number of hydrogen-bond donors (Lipinski definition) is 1. The molecule has 3 aromatic rings. The van der Waals surface area contributed by atoms with Crippen LogP contribution in [-0.4, -0.2) is 36.8 Å². The van der Waals surface area contributed by atoms with Crippen molar-refractivity contribution >= 4 is 29.0 Å². The van der Waals surface area contributed by atoms with E-state index in [4.69, 9.17) is 0 Å². The first kappa shape index (κ1) is 19.5. The normalized spacial score (nSPS) is 10.7. The Morgan fingerprint density at radius 1 is 1.18 bits per heavy atom. The number of amides is 1. The zero-order chi connectivity index (χ0) is 20.3. The zero-order valence-electron chi connectivity index (χ0n) is 15.5. The average molecular weight is 398 g/mol. The Kier molecular flexibility index (Phi) is 5.69. The summed E-state index contributed by atoms with van der Waals surface area (Å²) in [6.45, 7) is 5.71. The number of aromatic nitrogens is 4. The molecule has 0 spiro atoms. The van der Waals surface area contributed by atoms with Gasteiger partial charge in [-0.05, 0) is 54.5 Å². The van der Waals surface area contributed by atoms with Crippen LogP contribution in [0.4, 0.5) is 11.4 Å². The van der Waals surface area contributed by atoms with Gasteiger partial charge < -0.3 is 5.32 Å². The summed E-state index contributed by atoms with van der Waals surface area (Å²) in [6.07, 6.45) is 0. The van der Waals surface area contributed by atoms with Gasteiger partial charge in [0.25, 0.3) is 5.69 Å². The van der Waals surface area contributed by atoms with Gasteiger partial charge in [0.1, 0.15) is 5.69 Å². The van der Waals surface area contributed by atoms with Crippen molar-refractivity contribution in [1.82, 2.24) is 20.2 Å². The maximum Gasteiger partial charge on any atom is 0.293 e. The highest BCUT2D eigenvalue weighted by atomic mass is 32.2. The van der Waals surface area contributed by atoms with Crippen LogP contribution in [0.2, 0.25) is 0 Å². The molecule has 0 aliphatic heterocycles. The topological polar surface area (TPSA) is 116 Å². The van der Waals surface area contributed by atoms with Gasteiger partial charge in [-0.25, -0.2) is 0 Å². The van der Waals surface area contributed by atoms with E-state index >= 15 is 0 Å². The number of nitro benzene ring substituents is 1. The van der Waals surface area contributed by atoms with Gasteiger partial charge >= 0.3 is 0 Å². The summed E-state index contributed by atoms with van der Waals surface area (Å²) >= 11 is 1.15. The summed E-state index contributed by atoms with van der Waals surface area (Å²) in [5, 5.41) is 25.9. The van der Waals surface area contributed by atoms with E-state index in [-0.39, 0.29) is 23.0 Å². The molecule has 144 valence electrons. The van der Waals surface area contributed by atoms with Crippen molar-refractivity contribution in [2.24, 2.45) is 0 Å². The predicted octanol–water partition coefficient (Wildman–Crippen LogP) is 3.23. The van der Waals surface area contributed by atoms with Crippen LogP contribution in [0.3, 0.4) is 0 Å². The molecule has 3 rings (SSSR count). The molecule has 1 N–H and O–H groups in total. The van der Waals surface area contributed by atoms with E-state index < -0.39 is 4.92 Å². The number of rotatable bonds is 6. The molecular formula is C18H18N6O3S. The molecule has 0 unspecified atom stereocenters. The van der Waals surface area contributed by atoms with Crippen LogP contribution in [0.15, 0.2) is 41.6 Å². The van der Waals surface area contributed by atoms with Crippen LogP contribution in [0, 0.1) is 30.9 Å². The number of carbonyl (C=O) groups is 1. The summed E-state index contributed by atoms with van der Waals surface area (Å²) in [4.78, 5) is 23.0. The van der Waals surface area contributed by atoms with Crippen LogP contribution in [0.5, 0.6) is 0 Å². The minimum atomic E-state index is -0.517. The summed E-state index contributed by atoms with van der Waals surface area (Å²) in [7, 11) is 0. The summed E-state index contributed by atoms with van der Waals surface area (Å²) in [5.41, 5.74) is 3.73. The Morgan fingerprint density at radius 2 is 1.89 bits per heavy atom. The number of nitrogens with one attached hydrogen (secondary N) is 1. The average Bonchev–Trinajstić information content (AvgIpc) is 3.09. The third-order valence-corrected chi connectivity index (χ3v) is 4.90. The Bertz CT molecular complexity index is 1050. The maximum atomic E-state index is 12.3. The largest absolute Gasteiger partial charge is 0.320 e. The maximum absolute atomic E-state index is 12.3. The molecule has 0 aliphatic carbocycles. The molecule has 28 heavy (non-hydrogen) atoms. The first-order chi connectivity index (χ1) is 13.3. The lowest BCUT2D eigenvalue weighted by Crippen LogP contribution is -2.15. The molecule has 1 amide bonds. The monoisotopic (exact) mass is 398 g/mol. The van der Waals surface area contributed by atoms with E-state index in [0.717, 1.165) is 34.1 Å². The molecule has 0 radical (unpaired) electrons. The molecule has 0 bridgehead atoms. The highest BCUT2D eigenvalue weighted by Crippen LogP contribution is 2.26. The fourth-order valence-electron chi connectivity index (χ4n) is 2.68. The first-order valence-electron chi connectivity index (χ1n) is 8.39. The van der Waals surface area contributed by atoms with Crippen molar-refractivity contribution in [3.8, 4) is 5.69 Å². The fourth-order valence-corrected chi connectivity index (χ4v) is 3.36. The lowest BCUT2D eigenvalue weighted by molar-refractivity contribution is -0.384. The molecule has 2 aromatic carbocycles. The standard InChI is InChI=1S/C18H18N6O3S/c1-11-5-7-15(13(3)8-11)23-18(20-21-22-23)28-10-17(25)19-14-6-4-12(2)9-16(14)24(26)27/h4-9H,10H2,1-3H3,(H,19,25). The minimum Gasteiger partial charge on any atom is -0.320 e. The van der Waals surface area contributed by atoms with Crippen LogP contribution >= 0.6 is 11.8 Å². The highest BCUT2D eigenvalue weighted by Gasteiger charge is 2.17. The van der Waals surface area contributed by atoms with E-state index in [9.17, 15) is 14.9 Å². The van der Waals surface area contributed by atoms with Gasteiger partial charge in [0.2, 0.25) is 11.1 Å². The van der Waals surface area contributed by atoms with Gasteiger partial charge in [0.05, 0.1) is 16.4 Å². The van der Waals surface area contributed by atoms with Gasteiger partial charge in [-0.1, -0.05) is 35.5 Å². The van der Waals surface area contributed by atoms with E-state index in [1.54, 1.807) is 17.7 Å². The lowest BCUT2D eigenvalue weighted by Gasteiger charge is -2.09. The Balaban J connectivity index is 1.72. The van der Waals surface area contributed by atoms with Crippen LogP contribution in [0.1, 0.15) is 16.7 Å². The van der Waals surface area contributed by atoms with Crippen LogP contribution in [-0.2, 0) is 4.79 Å². The van der Waals surface area contributed by atoms with Crippen molar-refractivity contribution in [2.75, 3.05) is 11.1 Å². The van der Waals surface area contributed by atoms with Gasteiger partial charge in [-0.15, -0.1) is 5.10 Å². The van der Waals surface area contributed by atoms with Crippen LogP contribution < -0.4 is 5.32 Å². The first-order valence-corrected chi connectivity index (χ1v) is 9.37. The molecule has 0 saturated carbocycles. The van der Waals surface area contributed by atoms with Gasteiger partial charge in [0, 0.05) is 6.07 Å². The second kappa shape index (κ2) is 8.17. The smallest absolute Gasteiger partial charge is 0.293 e. The molecule has 1 aromatic heterocycles. The third-order valence-electron chi connectivity index (χ3n) is 3.98. The number of nitro groups is 1. The van der Waals surface area contributed by atoms with Crippen molar-refractivity contribution in [3.05, 3.63) is 63.2 Å². The molecule has 0 fully saturated rings. The van der Waals surface area contributed by atoms with Gasteiger partial charge in [0.15, 0.2) is 0 Å². The number of anilines is 1. The highest BCUT2D eigenvalue weighted by molar-refractivity contribution is 7.99. The molecule has 0 saturated heterocycles. The number of thioether (sulfide) groups is 1. The number of nitrogens with zero attached hydrogens (tertiary/aromatic N) is 5. The minimum absolute atomic E-state index is 0.0102. The Morgan fingerprint density at radius 3 is 2.61 bits per heavy atom. The Hall–Kier alpha value is -3.27. The van der Waals surface area contributed by atoms with Gasteiger partial charge in [-0.2, -0.15) is 4.68 Å². The van der Waals surface area contributed by atoms with Crippen molar-refractivity contribution in [2.45, 2.75) is 25.9 Å². The number of benzene rings is 2. The summed E-state index contributed by atoms with van der Waals surface area (Å²) in [5.74, 6) is -0.372. The van der Waals surface area contributed by atoms with Crippen molar-refractivity contribution < 1.29 is 9.72 Å². The van der Waals surface area contributed by atoms with Crippen LogP contribution in [0.25, 0.3) is 5.69 Å². The summed E-state index contributed by atoms with van der Waals surface area (Å²) < 4.78 is 1.57. The van der Waals surface area contributed by atoms with E-state index in [2.05, 4.69) is 20.8 Å². The lowest BCUT2D eigenvalue weighted by atomic mass is 10.1. The van der Waals surface area contributed by atoms with E-state index in [0.29, 0.717) is 5.16 Å². The molecule has 9 nitrogen and oxygen atoms in total. The van der Waals surface area contributed by atoms with Gasteiger partial charge in [-0.3, -0.25) is 14.9 Å². The second-order valence-electron chi connectivity index (χ2n) is 6.28. The SMILES string of the molecule is Cc1ccc(-n2nnnc2SCC(=O)Nc2ccc(C)cc2[N+](=O)[O-])c(C)c1. The van der Waals surface area contributed by atoms with Crippen molar-refractivity contribution in [1.29, 1.82) is 0 Å². The predicted molar refractivity (Wildman–Crippen MR) is 106 cm³/mol. The van der Waals surface area contributed by atoms with E-state index in [1.807, 2.05) is 32.0 Å². The zero-order valence-corrected chi connectivity index (χ0v) is 16.4. The quantitative estimate of drug-likeness (QED) is 0.385. The van der Waals surface area contributed by atoms with Crippen molar-refractivity contribution in [3.63, 3.8) is 0 Å². The molecule has 0 atom stereocenters. The molecule has 0 aliphatic rings. The number of carbonyl (C=O) groups excluding carboxylic acids is 1. The fraction of sp³-hybridized carbons (Fsp3) is 0.222. The molecule has 10 heteroatoms. The third kappa shape index (κ3) is 4.34. The van der Waals surface area contributed by atoms with E-state index in [1.165, 1.54) is 12.1 Å². The number of hydrogen-bond acceptors (Lipinski definition) is 7. The molecular weight excluding hydrogens is 380 g/mol. The number of aryl methyl sites for hydroxylation is 3. The summed E-state index contributed by atoms with van der Waals surface area (Å²) in [6, 6.07) is 10.5. The second-order valence-corrected chi connectivity index (χ2v) is 7.22. The molecule has 1 heterocycles.